The lowest BCUT2D eigenvalue weighted by atomic mass is 9.85. The molecular formula is C18H23NO. The van der Waals surface area contributed by atoms with Crippen molar-refractivity contribution in [2.45, 2.75) is 32.7 Å². The molecular weight excluding hydrogens is 246 g/mol. The van der Waals surface area contributed by atoms with E-state index in [9.17, 15) is 0 Å². The molecule has 20 heavy (non-hydrogen) atoms. The maximum absolute atomic E-state index is 6.60. The minimum absolute atomic E-state index is 0.558. The predicted octanol–water partition coefficient (Wildman–Crippen LogP) is 4.01. The first-order valence-electron chi connectivity index (χ1n) is 7.14. The number of para-hydroxylation sites is 1. The quantitative estimate of drug-likeness (QED) is 0.890. The van der Waals surface area contributed by atoms with Crippen LogP contribution in [-0.4, -0.2) is 6.61 Å². The van der Waals surface area contributed by atoms with Gasteiger partial charge in [-0.05, 0) is 31.9 Å². The molecule has 0 heterocycles. The number of aryl methyl sites for hydroxylation is 1. The van der Waals surface area contributed by atoms with E-state index in [0.717, 1.165) is 23.3 Å². The Balaban J connectivity index is 2.40. The molecule has 0 spiro atoms. The van der Waals surface area contributed by atoms with Crippen molar-refractivity contribution in [1.82, 2.24) is 0 Å². The van der Waals surface area contributed by atoms with Gasteiger partial charge < -0.3 is 10.5 Å². The summed E-state index contributed by atoms with van der Waals surface area (Å²) in [6, 6.07) is 16.4. The highest BCUT2D eigenvalue weighted by Crippen LogP contribution is 2.33. The first kappa shape index (κ1) is 14.6. The van der Waals surface area contributed by atoms with Gasteiger partial charge in [-0.15, -0.1) is 0 Å². The van der Waals surface area contributed by atoms with Crippen molar-refractivity contribution in [3.05, 3.63) is 65.2 Å². The Morgan fingerprint density at radius 2 is 1.70 bits per heavy atom. The number of hydrogen-bond acceptors (Lipinski definition) is 2. The first-order chi connectivity index (χ1) is 9.55. The molecule has 0 aliphatic heterocycles. The normalized spacial score (nSPS) is 13.8. The van der Waals surface area contributed by atoms with Crippen LogP contribution in [0.5, 0.6) is 5.75 Å². The summed E-state index contributed by atoms with van der Waals surface area (Å²) in [6.45, 7) is 6.92. The van der Waals surface area contributed by atoms with Crippen LogP contribution in [-0.2, 0) is 5.54 Å². The molecule has 0 amide bonds. The summed E-state index contributed by atoms with van der Waals surface area (Å²) < 4.78 is 5.84. The SMILES string of the molecule is CCCOc1ccccc1C(C)(N)c1ccc(C)cc1. The molecule has 0 saturated carbocycles. The fraction of sp³-hybridized carbons (Fsp3) is 0.333. The minimum Gasteiger partial charge on any atom is -0.493 e. The highest BCUT2D eigenvalue weighted by atomic mass is 16.5. The molecule has 0 radical (unpaired) electrons. The van der Waals surface area contributed by atoms with Crippen molar-refractivity contribution in [3.8, 4) is 5.75 Å². The van der Waals surface area contributed by atoms with E-state index < -0.39 is 5.54 Å². The molecule has 0 fully saturated rings. The molecule has 0 bridgehead atoms. The molecule has 2 nitrogen and oxygen atoms in total. The topological polar surface area (TPSA) is 35.2 Å². The monoisotopic (exact) mass is 269 g/mol. The molecule has 2 rings (SSSR count). The lowest BCUT2D eigenvalue weighted by Gasteiger charge is -2.28. The van der Waals surface area contributed by atoms with Crippen molar-refractivity contribution in [2.75, 3.05) is 6.61 Å². The predicted molar refractivity (Wildman–Crippen MR) is 84.0 cm³/mol. The van der Waals surface area contributed by atoms with Crippen LogP contribution in [0.25, 0.3) is 0 Å². The van der Waals surface area contributed by atoms with Crippen molar-refractivity contribution in [3.63, 3.8) is 0 Å². The van der Waals surface area contributed by atoms with E-state index in [1.165, 1.54) is 5.56 Å². The van der Waals surface area contributed by atoms with Crippen molar-refractivity contribution in [2.24, 2.45) is 5.73 Å². The van der Waals surface area contributed by atoms with E-state index in [2.05, 4.69) is 38.1 Å². The molecule has 1 unspecified atom stereocenters. The molecule has 0 aliphatic carbocycles. The Morgan fingerprint density at radius 3 is 2.35 bits per heavy atom. The van der Waals surface area contributed by atoms with Crippen LogP contribution >= 0.6 is 0 Å². The Hall–Kier alpha value is -1.80. The van der Waals surface area contributed by atoms with E-state index in [0.29, 0.717) is 6.61 Å². The highest BCUT2D eigenvalue weighted by Gasteiger charge is 2.26. The largest absolute Gasteiger partial charge is 0.493 e. The maximum atomic E-state index is 6.60. The summed E-state index contributed by atoms with van der Waals surface area (Å²) in [5.74, 6) is 0.875. The number of hydrogen-bond donors (Lipinski definition) is 1. The summed E-state index contributed by atoms with van der Waals surface area (Å²) in [4.78, 5) is 0. The molecule has 2 N–H and O–H groups in total. The van der Waals surface area contributed by atoms with Gasteiger partial charge in [-0.1, -0.05) is 55.0 Å². The van der Waals surface area contributed by atoms with Gasteiger partial charge in [0.05, 0.1) is 12.1 Å². The first-order valence-corrected chi connectivity index (χ1v) is 7.14. The molecule has 0 aliphatic rings. The fourth-order valence-electron chi connectivity index (χ4n) is 2.29. The van der Waals surface area contributed by atoms with Gasteiger partial charge in [0.25, 0.3) is 0 Å². The summed E-state index contributed by atoms with van der Waals surface area (Å²) in [7, 11) is 0. The molecule has 0 saturated heterocycles. The van der Waals surface area contributed by atoms with Crippen molar-refractivity contribution in [1.29, 1.82) is 0 Å². The second kappa shape index (κ2) is 6.10. The Kier molecular flexibility index (Phi) is 4.46. The van der Waals surface area contributed by atoms with Crippen LogP contribution in [0, 0.1) is 6.92 Å². The average molecular weight is 269 g/mol. The van der Waals surface area contributed by atoms with Gasteiger partial charge in [0, 0.05) is 5.56 Å². The second-order valence-electron chi connectivity index (χ2n) is 5.41. The van der Waals surface area contributed by atoms with E-state index in [1.807, 2.05) is 31.2 Å². The van der Waals surface area contributed by atoms with Crippen LogP contribution in [0.4, 0.5) is 0 Å². The molecule has 2 aromatic carbocycles. The minimum atomic E-state index is -0.558. The van der Waals surface area contributed by atoms with Gasteiger partial charge in [0.2, 0.25) is 0 Å². The van der Waals surface area contributed by atoms with Gasteiger partial charge in [0.15, 0.2) is 0 Å². The summed E-state index contributed by atoms with van der Waals surface area (Å²) in [5.41, 5.74) is 9.40. The summed E-state index contributed by atoms with van der Waals surface area (Å²) in [5, 5.41) is 0. The third-order valence-electron chi connectivity index (χ3n) is 3.56. The third-order valence-corrected chi connectivity index (χ3v) is 3.56. The smallest absolute Gasteiger partial charge is 0.124 e. The highest BCUT2D eigenvalue weighted by molar-refractivity contribution is 5.45. The van der Waals surface area contributed by atoms with Crippen LogP contribution in [0.2, 0.25) is 0 Å². The number of rotatable bonds is 5. The van der Waals surface area contributed by atoms with Gasteiger partial charge in [-0.2, -0.15) is 0 Å². The standard InChI is InChI=1S/C18H23NO/c1-4-13-20-17-8-6-5-7-16(17)18(3,19)15-11-9-14(2)10-12-15/h5-12H,4,13,19H2,1-3H3. The number of ether oxygens (including phenoxy) is 1. The molecule has 106 valence electrons. The van der Waals surface area contributed by atoms with Crippen molar-refractivity contribution >= 4 is 0 Å². The third kappa shape index (κ3) is 3.02. The summed E-state index contributed by atoms with van der Waals surface area (Å²) >= 11 is 0. The van der Waals surface area contributed by atoms with Gasteiger partial charge >= 0.3 is 0 Å². The molecule has 2 aromatic rings. The van der Waals surface area contributed by atoms with E-state index in [1.54, 1.807) is 0 Å². The molecule has 0 aromatic heterocycles. The molecule has 1 atom stereocenters. The van der Waals surface area contributed by atoms with Crippen LogP contribution in [0.3, 0.4) is 0 Å². The second-order valence-corrected chi connectivity index (χ2v) is 5.41. The lowest BCUT2D eigenvalue weighted by Crippen LogP contribution is -2.34. The Morgan fingerprint density at radius 1 is 1.05 bits per heavy atom. The molecule has 2 heteroatoms. The lowest BCUT2D eigenvalue weighted by molar-refractivity contribution is 0.309. The fourth-order valence-corrected chi connectivity index (χ4v) is 2.29. The number of benzene rings is 2. The van der Waals surface area contributed by atoms with E-state index in [4.69, 9.17) is 10.5 Å². The average Bonchev–Trinajstić information content (AvgIpc) is 2.46. The zero-order valence-electron chi connectivity index (χ0n) is 12.5. The van der Waals surface area contributed by atoms with Gasteiger partial charge in [-0.25, -0.2) is 0 Å². The van der Waals surface area contributed by atoms with Crippen molar-refractivity contribution < 1.29 is 4.74 Å². The Bertz CT molecular complexity index is 558. The Labute approximate surface area is 121 Å². The van der Waals surface area contributed by atoms with E-state index in [-0.39, 0.29) is 0 Å². The van der Waals surface area contributed by atoms with Gasteiger partial charge in [0.1, 0.15) is 5.75 Å². The van der Waals surface area contributed by atoms with E-state index >= 15 is 0 Å². The number of nitrogens with two attached hydrogens (primary N) is 1. The van der Waals surface area contributed by atoms with Gasteiger partial charge in [-0.3, -0.25) is 0 Å². The van der Waals surface area contributed by atoms with Crippen LogP contribution in [0.15, 0.2) is 48.5 Å². The zero-order chi connectivity index (χ0) is 14.6. The van der Waals surface area contributed by atoms with Crippen LogP contribution < -0.4 is 10.5 Å². The zero-order valence-corrected chi connectivity index (χ0v) is 12.5. The maximum Gasteiger partial charge on any atom is 0.124 e. The van der Waals surface area contributed by atoms with Crippen LogP contribution in [0.1, 0.15) is 37.0 Å². The summed E-state index contributed by atoms with van der Waals surface area (Å²) in [6.07, 6.45) is 0.986.